The maximum atomic E-state index is 12.9. The Morgan fingerprint density at radius 1 is 0.971 bits per heavy atom. The Labute approximate surface area is 206 Å². The highest BCUT2D eigenvalue weighted by atomic mass is 32.2. The van der Waals surface area contributed by atoms with Gasteiger partial charge in [-0.05, 0) is 53.7 Å². The minimum Gasteiger partial charge on any atom is -0.378 e. The van der Waals surface area contributed by atoms with E-state index in [2.05, 4.69) is 5.32 Å². The molecule has 0 unspecified atom stereocenters. The van der Waals surface area contributed by atoms with Gasteiger partial charge in [0.25, 0.3) is 11.1 Å². The maximum Gasteiger partial charge on any atom is 0.339 e. The van der Waals surface area contributed by atoms with Gasteiger partial charge in [-0.3, -0.25) is 19.3 Å². The van der Waals surface area contributed by atoms with Gasteiger partial charge in [-0.25, -0.2) is 0 Å². The summed E-state index contributed by atoms with van der Waals surface area (Å²) in [4.78, 5) is 37.7. The minimum absolute atomic E-state index is 0.00768. The monoisotopic (exact) mass is 508 g/mol. The second-order valence-electron chi connectivity index (χ2n) is 7.53. The summed E-state index contributed by atoms with van der Waals surface area (Å²) in [6.45, 7) is 1.49. The van der Waals surface area contributed by atoms with Crippen LogP contribution in [0.4, 0.5) is 10.5 Å². The van der Waals surface area contributed by atoms with E-state index < -0.39 is 21.3 Å². The average Bonchev–Trinajstić information content (AvgIpc) is 3.08. The zero-order valence-corrected chi connectivity index (χ0v) is 20.1. The second kappa shape index (κ2) is 10.2. The Hall–Kier alpha value is -3.89. The summed E-state index contributed by atoms with van der Waals surface area (Å²) in [7, 11) is -4.20. The van der Waals surface area contributed by atoms with Crippen molar-refractivity contribution in [2.24, 2.45) is 0 Å². The number of benzene rings is 3. The molecule has 1 saturated heterocycles. The fourth-order valence-electron chi connectivity index (χ4n) is 3.29. The lowest BCUT2D eigenvalue weighted by Crippen LogP contribution is -2.27. The van der Waals surface area contributed by atoms with Crippen LogP contribution in [0.5, 0.6) is 5.75 Å². The molecule has 4 rings (SSSR count). The van der Waals surface area contributed by atoms with Gasteiger partial charge in [-0.2, -0.15) is 8.42 Å². The van der Waals surface area contributed by atoms with Crippen molar-refractivity contribution in [3.05, 3.63) is 94.9 Å². The summed E-state index contributed by atoms with van der Waals surface area (Å²) >= 11 is 0.784. The lowest BCUT2D eigenvalue weighted by molar-refractivity contribution is -0.123. The molecule has 0 bridgehead atoms. The van der Waals surface area contributed by atoms with Crippen molar-refractivity contribution >= 4 is 50.7 Å². The highest BCUT2D eigenvalue weighted by Crippen LogP contribution is 2.35. The van der Waals surface area contributed by atoms with E-state index in [1.54, 1.807) is 18.2 Å². The van der Waals surface area contributed by atoms with Gasteiger partial charge in [-0.1, -0.05) is 48.5 Å². The molecule has 0 spiro atoms. The van der Waals surface area contributed by atoms with E-state index in [4.69, 9.17) is 4.18 Å². The van der Waals surface area contributed by atoms with Crippen molar-refractivity contribution in [2.45, 2.75) is 18.4 Å². The van der Waals surface area contributed by atoms with Crippen LogP contribution in [0.25, 0.3) is 6.08 Å². The van der Waals surface area contributed by atoms with Gasteiger partial charge in [0.1, 0.15) is 10.6 Å². The van der Waals surface area contributed by atoms with Gasteiger partial charge in [0.2, 0.25) is 5.91 Å². The number of anilines is 1. The van der Waals surface area contributed by atoms with E-state index in [9.17, 15) is 22.8 Å². The summed E-state index contributed by atoms with van der Waals surface area (Å²) in [6.07, 6.45) is 1.45. The Balaban J connectivity index is 1.56. The molecular formula is C25H20N2O6S2. The molecule has 0 saturated carbocycles. The molecule has 1 fully saturated rings. The zero-order chi connectivity index (χ0) is 25.0. The van der Waals surface area contributed by atoms with Crippen LogP contribution in [-0.2, 0) is 26.3 Å². The molecule has 3 aromatic carbocycles. The second-order valence-corrected chi connectivity index (χ2v) is 10.1. The van der Waals surface area contributed by atoms with E-state index in [1.165, 1.54) is 43.3 Å². The van der Waals surface area contributed by atoms with Crippen LogP contribution in [0.3, 0.4) is 0 Å². The standard InChI is InChI=1S/C25H20N2O6S2/c1-17(28)26-20-11-13-21(14-12-20)35(31,32)33-22-10-6-5-9-19(22)15-23-24(29)27(25(30)34-23)16-18-7-3-2-4-8-18/h2-15H,16H2,1H3,(H,26,28)/b23-15-. The summed E-state index contributed by atoms with van der Waals surface area (Å²) in [6, 6.07) is 21.0. The van der Waals surface area contributed by atoms with Crippen molar-refractivity contribution in [3.8, 4) is 5.75 Å². The molecule has 0 atom stereocenters. The Kier molecular flexibility index (Phi) is 7.04. The van der Waals surface area contributed by atoms with Gasteiger partial charge in [0, 0.05) is 18.2 Å². The van der Waals surface area contributed by atoms with Crippen LogP contribution in [-0.4, -0.2) is 30.4 Å². The van der Waals surface area contributed by atoms with Crippen molar-refractivity contribution < 1.29 is 27.0 Å². The number of amides is 3. The number of rotatable bonds is 7. The third-order valence-corrected chi connectivity index (χ3v) is 7.08. The van der Waals surface area contributed by atoms with E-state index >= 15 is 0 Å². The number of nitrogens with zero attached hydrogens (tertiary/aromatic N) is 1. The number of carbonyl (C=O) groups excluding carboxylic acids is 3. The molecule has 8 nitrogen and oxygen atoms in total. The molecule has 1 aliphatic heterocycles. The van der Waals surface area contributed by atoms with Crippen LogP contribution in [0.15, 0.2) is 88.7 Å². The molecule has 1 aliphatic rings. The lowest BCUT2D eigenvalue weighted by Gasteiger charge is -2.12. The first-order valence-electron chi connectivity index (χ1n) is 10.4. The van der Waals surface area contributed by atoms with Gasteiger partial charge in [-0.15, -0.1) is 0 Å². The van der Waals surface area contributed by atoms with Crippen LogP contribution in [0.1, 0.15) is 18.1 Å². The quantitative estimate of drug-likeness (QED) is 0.365. The molecule has 0 aromatic heterocycles. The van der Waals surface area contributed by atoms with Crippen LogP contribution in [0, 0.1) is 0 Å². The summed E-state index contributed by atoms with van der Waals surface area (Å²) in [5.41, 5.74) is 1.59. The normalized spacial score (nSPS) is 14.9. The van der Waals surface area contributed by atoms with Crippen LogP contribution < -0.4 is 9.50 Å². The van der Waals surface area contributed by atoms with Crippen molar-refractivity contribution in [3.63, 3.8) is 0 Å². The number of carbonyl (C=O) groups is 3. The first-order chi connectivity index (χ1) is 16.7. The molecule has 0 aliphatic carbocycles. The summed E-state index contributed by atoms with van der Waals surface area (Å²) < 4.78 is 31.0. The Morgan fingerprint density at radius 3 is 2.31 bits per heavy atom. The van der Waals surface area contributed by atoms with Crippen LogP contribution >= 0.6 is 11.8 Å². The van der Waals surface area contributed by atoms with Crippen molar-refractivity contribution in [1.82, 2.24) is 4.90 Å². The molecule has 1 N–H and O–H groups in total. The Morgan fingerprint density at radius 2 is 1.63 bits per heavy atom. The predicted molar refractivity (Wildman–Crippen MR) is 133 cm³/mol. The summed E-state index contributed by atoms with van der Waals surface area (Å²) in [5.74, 6) is -0.734. The Bertz CT molecular complexity index is 1420. The predicted octanol–water partition coefficient (Wildman–Crippen LogP) is 4.65. The smallest absolute Gasteiger partial charge is 0.339 e. The average molecular weight is 509 g/mol. The largest absolute Gasteiger partial charge is 0.378 e. The first kappa shape index (κ1) is 24.2. The number of thioether (sulfide) groups is 1. The van der Waals surface area contributed by atoms with E-state index in [1.807, 2.05) is 30.3 Å². The van der Waals surface area contributed by atoms with Gasteiger partial charge in [0.15, 0.2) is 0 Å². The third-order valence-electron chi connectivity index (χ3n) is 4.93. The van der Waals surface area contributed by atoms with Crippen LogP contribution in [0.2, 0.25) is 0 Å². The zero-order valence-electron chi connectivity index (χ0n) is 18.5. The lowest BCUT2D eigenvalue weighted by atomic mass is 10.2. The fourth-order valence-corrected chi connectivity index (χ4v) is 5.08. The minimum atomic E-state index is -4.20. The van der Waals surface area contributed by atoms with E-state index in [-0.39, 0.29) is 28.0 Å². The van der Waals surface area contributed by atoms with Gasteiger partial charge >= 0.3 is 10.1 Å². The molecule has 3 aromatic rings. The molecule has 178 valence electrons. The topological polar surface area (TPSA) is 110 Å². The molecule has 1 heterocycles. The highest BCUT2D eigenvalue weighted by Gasteiger charge is 2.35. The van der Waals surface area contributed by atoms with Crippen molar-refractivity contribution in [2.75, 3.05) is 5.32 Å². The number of hydrogen-bond donors (Lipinski definition) is 1. The van der Waals surface area contributed by atoms with E-state index in [0.717, 1.165) is 22.2 Å². The van der Waals surface area contributed by atoms with E-state index in [0.29, 0.717) is 11.3 Å². The SMILES string of the molecule is CC(=O)Nc1ccc(S(=O)(=O)Oc2ccccc2/C=C2\SC(=O)N(Cc3ccccc3)C2=O)cc1. The molecule has 3 amide bonds. The highest BCUT2D eigenvalue weighted by molar-refractivity contribution is 8.18. The first-order valence-corrected chi connectivity index (χ1v) is 12.7. The number of nitrogens with one attached hydrogen (secondary N) is 1. The fraction of sp³-hybridized carbons (Fsp3) is 0.0800. The molecule has 35 heavy (non-hydrogen) atoms. The summed E-state index contributed by atoms with van der Waals surface area (Å²) in [5, 5.41) is 2.15. The maximum absolute atomic E-state index is 12.9. The molecule has 0 radical (unpaired) electrons. The third kappa shape index (κ3) is 5.79. The molecule has 10 heteroatoms. The van der Waals surface area contributed by atoms with Gasteiger partial charge in [0.05, 0.1) is 11.4 Å². The van der Waals surface area contributed by atoms with Crippen molar-refractivity contribution in [1.29, 1.82) is 0 Å². The number of para-hydroxylation sites is 1. The number of hydrogen-bond acceptors (Lipinski definition) is 7. The molecular weight excluding hydrogens is 488 g/mol. The van der Waals surface area contributed by atoms with Gasteiger partial charge < -0.3 is 9.50 Å². The number of imide groups is 1.